The van der Waals surface area contributed by atoms with E-state index in [0.717, 1.165) is 6.07 Å². The van der Waals surface area contributed by atoms with Gasteiger partial charge in [0, 0.05) is 18.2 Å². The highest BCUT2D eigenvalue weighted by Gasteiger charge is 2.32. The van der Waals surface area contributed by atoms with Gasteiger partial charge in [0.2, 0.25) is 5.91 Å². The lowest BCUT2D eigenvalue weighted by molar-refractivity contribution is -0.137. The van der Waals surface area contributed by atoms with Gasteiger partial charge in [-0.2, -0.15) is 13.2 Å². The molecule has 4 nitrogen and oxygen atoms in total. The molecule has 106 valence electrons. The van der Waals surface area contributed by atoms with E-state index < -0.39 is 23.2 Å². The van der Waals surface area contributed by atoms with Crippen molar-refractivity contribution in [1.29, 1.82) is 0 Å². The number of carbonyl (C=O) groups excluding carboxylic acids is 1. The Kier molecular flexibility index (Phi) is 4.29. The molecule has 0 aliphatic carbocycles. The van der Waals surface area contributed by atoms with Gasteiger partial charge in [-0.15, -0.1) is 0 Å². The SMILES string of the molecule is CC(C)(CC(N)=O)Nc1ncc(C(F)(F)F)cc1Cl. The van der Waals surface area contributed by atoms with Gasteiger partial charge in [0.15, 0.2) is 0 Å². The van der Waals surface area contributed by atoms with Gasteiger partial charge in [-0.3, -0.25) is 4.79 Å². The Labute approximate surface area is 113 Å². The van der Waals surface area contributed by atoms with Crippen LogP contribution in [0.2, 0.25) is 5.02 Å². The number of primary amides is 1. The summed E-state index contributed by atoms with van der Waals surface area (Å²) in [4.78, 5) is 14.5. The van der Waals surface area contributed by atoms with Crippen LogP contribution in [0.25, 0.3) is 0 Å². The maximum absolute atomic E-state index is 12.4. The Morgan fingerprint density at radius 1 is 1.47 bits per heavy atom. The maximum Gasteiger partial charge on any atom is 0.417 e. The first-order valence-electron chi connectivity index (χ1n) is 5.30. The van der Waals surface area contributed by atoms with E-state index in [-0.39, 0.29) is 17.3 Å². The molecule has 0 unspecified atom stereocenters. The third-order valence-electron chi connectivity index (χ3n) is 2.24. The molecule has 0 radical (unpaired) electrons. The zero-order chi connectivity index (χ0) is 14.8. The summed E-state index contributed by atoms with van der Waals surface area (Å²) >= 11 is 5.74. The molecule has 19 heavy (non-hydrogen) atoms. The largest absolute Gasteiger partial charge is 0.417 e. The molecule has 0 aromatic carbocycles. The number of pyridine rings is 1. The molecule has 0 atom stereocenters. The topological polar surface area (TPSA) is 68.0 Å². The van der Waals surface area contributed by atoms with Crippen molar-refractivity contribution in [3.05, 3.63) is 22.8 Å². The second-order valence-electron chi connectivity index (χ2n) is 4.70. The van der Waals surface area contributed by atoms with Crippen LogP contribution in [0, 0.1) is 0 Å². The van der Waals surface area contributed by atoms with Crippen molar-refractivity contribution < 1.29 is 18.0 Å². The Morgan fingerprint density at radius 2 is 2.05 bits per heavy atom. The van der Waals surface area contributed by atoms with E-state index in [1.165, 1.54) is 0 Å². The quantitative estimate of drug-likeness (QED) is 0.897. The zero-order valence-electron chi connectivity index (χ0n) is 10.3. The molecule has 1 rings (SSSR count). The van der Waals surface area contributed by atoms with Gasteiger partial charge < -0.3 is 11.1 Å². The van der Waals surface area contributed by atoms with E-state index in [0.29, 0.717) is 6.20 Å². The third-order valence-corrected chi connectivity index (χ3v) is 2.53. The molecule has 0 spiro atoms. The number of nitrogens with one attached hydrogen (secondary N) is 1. The lowest BCUT2D eigenvalue weighted by Crippen LogP contribution is -2.36. The highest BCUT2D eigenvalue weighted by Crippen LogP contribution is 2.33. The van der Waals surface area contributed by atoms with Crippen LogP contribution in [0.3, 0.4) is 0 Å². The Bertz CT molecular complexity index is 489. The van der Waals surface area contributed by atoms with Crippen molar-refractivity contribution in [2.75, 3.05) is 5.32 Å². The first-order chi connectivity index (χ1) is 8.51. The average Bonchev–Trinajstić information content (AvgIpc) is 2.16. The van der Waals surface area contributed by atoms with Crippen LogP contribution >= 0.6 is 11.6 Å². The van der Waals surface area contributed by atoms with E-state index in [4.69, 9.17) is 17.3 Å². The lowest BCUT2D eigenvalue weighted by Gasteiger charge is -2.26. The zero-order valence-corrected chi connectivity index (χ0v) is 11.1. The van der Waals surface area contributed by atoms with Crippen molar-refractivity contribution >= 4 is 23.3 Å². The fourth-order valence-electron chi connectivity index (χ4n) is 1.49. The molecular weight excluding hydrogens is 283 g/mol. The van der Waals surface area contributed by atoms with Gasteiger partial charge in [-0.25, -0.2) is 4.98 Å². The van der Waals surface area contributed by atoms with Crippen molar-refractivity contribution in [3.8, 4) is 0 Å². The molecule has 3 N–H and O–H groups in total. The summed E-state index contributed by atoms with van der Waals surface area (Å²) in [6, 6.07) is 0.775. The molecule has 1 aromatic rings. The van der Waals surface area contributed by atoms with Crippen LogP contribution in [0.5, 0.6) is 0 Å². The van der Waals surface area contributed by atoms with Crippen molar-refractivity contribution in [1.82, 2.24) is 4.98 Å². The van der Waals surface area contributed by atoms with E-state index in [1.807, 2.05) is 0 Å². The normalized spacial score (nSPS) is 12.3. The van der Waals surface area contributed by atoms with Crippen molar-refractivity contribution in [3.63, 3.8) is 0 Å². The number of rotatable bonds is 4. The third kappa shape index (κ3) is 4.59. The molecule has 1 heterocycles. The number of amides is 1. The molecule has 8 heteroatoms. The fraction of sp³-hybridized carbons (Fsp3) is 0.455. The van der Waals surface area contributed by atoms with E-state index in [1.54, 1.807) is 13.8 Å². The van der Waals surface area contributed by atoms with Gasteiger partial charge in [-0.05, 0) is 19.9 Å². The maximum atomic E-state index is 12.4. The highest BCUT2D eigenvalue weighted by molar-refractivity contribution is 6.33. The average molecular weight is 296 g/mol. The number of hydrogen-bond donors (Lipinski definition) is 2. The Morgan fingerprint density at radius 3 is 2.47 bits per heavy atom. The second-order valence-corrected chi connectivity index (χ2v) is 5.11. The lowest BCUT2D eigenvalue weighted by atomic mass is 10.0. The van der Waals surface area contributed by atoms with Crippen molar-refractivity contribution in [2.24, 2.45) is 5.73 Å². The Balaban J connectivity index is 2.95. The smallest absolute Gasteiger partial charge is 0.370 e. The number of halogens is 4. The first-order valence-corrected chi connectivity index (χ1v) is 5.68. The summed E-state index contributed by atoms with van der Waals surface area (Å²) in [6.07, 6.45) is -3.83. The van der Waals surface area contributed by atoms with Gasteiger partial charge >= 0.3 is 6.18 Å². The van der Waals surface area contributed by atoms with E-state index in [9.17, 15) is 18.0 Å². The molecule has 1 amide bonds. The number of hydrogen-bond acceptors (Lipinski definition) is 3. The molecule has 0 aliphatic heterocycles. The number of nitrogens with two attached hydrogens (primary N) is 1. The molecule has 1 aromatic heterocycles. The minimum atomic E-state index is -4.50. The number of nitrogens with zero attached hydrogens (tertiary/aromatic N) is 1. The second kappa shape index (κ2) is 5.24. The molecule has 0 saturated carbocycles. The number of aromatic nitrogens is 1. The molecule has 0 bridgehead atoms. The summed E-state index contributed by atoms with van der Waals surface area (Å²) in [6.45, 7) is 3.32. The Hall–Kier alpha value is -1.50. The molecular formula is C11H13ClF3N3O. The van der Waals surface area contributed by atoms with Crippen molar-refractivity contribution in [2.45, 2.75) is 32.0 Å². The number of alkyl halides is 3. The van der Waals surface area contributed by atoms with Crippen LogP contribution in [-0.4, -0.2) is 16.4 Å². The minimum absolute atomic E-state index is 0.00791. The van der Waals surface area contributed by atoms with E-state index >= 15 is 0 Å². The van der Waals surface area contributed by atoms with Crippen LogP contribution in [0.4, 0.5) is 19.0 Å². The number of anilines is 1. The highest BCUT2D eigenvalue weighted by atomic mass is 35.5. The number of carbonyl (C=O) groups is 1. The summed E-state index contributed by atoms with van der Waals surface area (Å²) < 4.78 is 37.3. The summed E-state index contributed by atoms with van der Waals surface area (Å²) in [5.41, 5.74) is 3.37. The minimum Gasteiger partial charge on any atom is -0.370 e. The summed E-state index contributed by atoms with van der Waals surface area (Å²) in [5.74, 6) is -0.471. The van der Waals surface area contributed by atoms with Crippen LogP contribution in [-0.2, 0) is 11.0 Å². The molecule has 0 saturated heterocycles. The molecule has 0 aliphatic rings. The summed E-state index contributed by atoms with van der Waals surface area (Å²) in [5, 5.41) is 2.61. The fourth-order valence-corrected chi connectivity index (χ4v) is 1.70. The standard InChI is InChI=1S/C11H13ClF3N3O/c1-10(2,4-8(16)19)18-9-7(12)3-6(5-17-9)11(13,14)15/h3,5H,4H2,1-2H3,(H2,16,19)(H,17,18). The van der Waals surface area contributed by atoms with Crippen LogP contribution < -0.4 is 11.1 Å². The predicted octanol–water partition coefficient (Wildman–Crippen LogP) is 2.82. The predicted molar refractivity (Wildman–Crippen MR) is 65.8 cm³/mol. The van der Waals surface area contributed by atoms with E-state index in [2.05, 4.69) is 10.3 Å². The van der Waals surface area contributed by atoms with Gasteiger partial charge in [-0.1, -0.05) is 11.6 Å². The molecule has 0 fully saturated rings. The summed E-state index contributed by atoms with van der Waals surface area (Å²) in [7, 11) is 0. The monoisotopic (exact) mass is 295 g/mol. The van der Waals surface area contributed by atoms with Gasteiger partial charge in [0.1, 0.15) is 5.82 Å². The van der Waals surface area contributed by atoms with Crippen LogP contribution in [0.1, 0.15) is 25.8 Å². The van der Waals surface area contributed by atoms with Gasteiger partial charge in [0.05, 0.1) is 10.6 Å². The van der Waals surface area contributed by atoms with Gasteiger partial charge in [0.25, 0.3) is 0 Å². The van der Waals surface area contributed by atoms with Crippen LogP contribution in [0.15, 0.2) is 12.3 Å². The first kappa shape index (κ1) is 15.6.